The number of halogens is 2. The van der Waals surface area contributed by atoms with Crippen LogP contribution in [-0.2, 0) is 6.54 Å². The molecule has 2 N–H and O–H groups in total. The van der Waals surface area contributed by atoms with Gasteiger partial charge in [0.15, 0.2) is 0 Å². The number of nitrogens with one attached hydrogen (secondary N) is 1. The highest BCUT2D eigenvalue weighted by atomic mass is 35.5. The predicted molar refractivity (Wildman–Crippen MR) is 71.6 cm³/mol. The van der Waals surface area contributed by atoms with Crippen molar-refractivity contribution in [1.29, 1.82) is 0 Å². The number of hydrogen-bond donors (Lipinski definition) is 2. The first-order valence-electron chi connectivity index (χ1n) is 5.53. The van der Waals surface area contributed by atoms with E-state index in [1.807, 2.05) is 0 Å². The summed E-state index contributed by atoms with van der Waals surface area (Å²) in [4.78, 5) is 0. The van der Waals surface area contributed by atoms with Gasteiger partial charge in [-0.3, -0.25) is 0 Å². The molecule has 0 aliphatic rings. The maximum atomic E-state index is 13.1. The van der Waals surface area contributed by atoms with Crippen molar-refractivity contribution >= 4 is 17.3 Å². The summed E-state index contributed by atoms with van der Waals surface area (Å²) < 4.78 is 13.1. The van der Waals surface area contributed by atoms with Crippen LogP contribution in [0.5, 0.6) is 5.75 Å². The lowest BCUT2D eigenvalue weighted by molar-refractivity contribution is 0.475. The molecule has 0 atom stereocenters. The van der Waals surface area contributed by atoms with Crippen molar-refractivity contribution in [2.24, 2.45) is 0 Å². The predicted octanol–water partition coefficient (Wildman–Crippen LogP) is 4.11. The number of phenolic OH excluding ortho intramolecular Hbond substituents is 1. The topological polar surface area (TPSA) is 32.3 Å². The number of rotatable bonds is 3. The zero-order valence-electron chi connectivity index (χ0n) is 9.87. The van der Waals surface area contributed by atoms with Crippen LogP contribution in [0.2, 0.25) is 5.02 Å². The first-order valence-corrected chi connectivity index (χ1v) is 5.91. The lowest BCUT2D eigenvalue weighted by Crippen LogP contribution is -2.00. The van der Waals surface area contributed by atoms with E-state index >= 15 is 0 Å². The van der Waals surface area contributed by atoms with Crippen molar-refractivity contribution in [2.45, 2.75) is 13.5 Å². The Morgan fingerprint density at radius 1 is 1.22 bits per heavy atom. The van der Waals surface area contributed by atoms with Gasteiger partial charge in [-0.15, -0.1) is 0 Å². The lowest BCUT2D eigenvalue weighted by Gasteiger charge is -2.08. The molecule has 2 aromatic rings. The summed E-state index contributed by atoms with van der Waals surface area (Å²) in [6.45, 7) is 2.30. The number of anilines is 1. The summed E-state index contributed by atoms with van der Waals surface area (Å²) in [6, 6.07) is 9.89. The molecule has 2 rings (SSSR count). The molecule has 0 spiro atoms. The summed E-state index contributed by atoms with van der Waals surface area (Å²) in [6.07, 6.45) is 0. The molecule has 0 saturated heterocycles. The van der Waals surface area contributed by atoms with Gasteiger partial charge in [-0.1, -0.05) is 23.7 Å². The van der Waals surface area contributed by atoms with Crippen molar-refractivity contribution in [1.82, 2.24) is 0 Å². The van der Waals surface area contributed by atoms with Gasteiger partial charge in [0.05, 0.1) is 5.02 Å². The highest BCUT2D eigenvalue weighted by molar-refractivity contribution is 6.32. The van der Waals surface area contributed by atoms with Crippen LogP contribution in [-0.4, -0.2) is 5.11 Å². The normalized spacial score (nSPS) is 10.4. The highest BCUT2D eigenvalue weighted by Gasteiger charge is 2.01. The Hall–Kier alpha value is -1.74. The van der Waals surface area contributed by atoms with Crippen LogP contribution in [0.25, 0.3) is 0 Å². The molecular weight excluding hydrogens is 253 g/mol. The number of benzene rings is 2. The molecule has 0 heterocycles. The highest BCUT2D eigenvalue weighted by Crippen LogP contribution is 2.26. The lowest BCUT2D eigenvalue weighted by atomic mass is 10.1. The third-order valence-electron chi connectivity index (χ3n) is 2.67. The second kappa shape index (κ2) is 5.27. The Kier molecular flexibility index (Phi) is 3.72. The van der Waals surface area contributed by atoms with Gasteiger partial charge >= 0.3 is 0 Å². The Morgan fingerprint density at radius 3 is 2.67 bits per heavy atom. The standard InChI is InChI=1S/C14H13ClFNO/c1-9-6-10(2-4-13(9)16)8-17-11-3-5-14(18)12(15)7-11/h2-7,17-18H,8H2,1H3. The minimum atomic E-state index is -0.202. The zero-order valence-corrected chi connectivity index (χ0v) is 10.6. The fourth-order valence-corrected chi connectivity index (χ4v) is 1.82. The molecule has 18 heavy (non-hydrogen) atoms. The number of aryl methyl sites for hydroxylation is 1. The van der Waals surface area contributed by atoms with Crippen LogP contribution >= 0.6 is 11.6 Å². The van der Waals surface area contributed by atoms with Gasteiger partial charge in [0.2, 0.25) is 0 Å². The molecule has 0 amide bonds. The Labute approximate surface area is 110 Å². The third-order valence-corrected chi connectivity index (χ3v) is 2.97. The molecule has 2 aromatic carbocycles. The molecule has 0 fully saturated rings. The van der Waals surface area contributed by atoms with Crippen LogP contribution in [0.1, 0.15) is 11.1 Å². The van der Waals surface area contributed by atoms with E-state index in [2.05, 4.69) is 5.32 Å². The Balaban J connectivity index is 2.06. The molecule has 94 valence electrons. The molecule has 0 aliphatic heterocycles. The van der Waals surface area contributed by atoms with E-state index in [9.17, 15) is 9.50 Å². The van der Waals surface area contributed by atoms with Crippen molar-refractivity contribution < 1.29 is 9.50 Å². The summed E-state index contributed by atoms with van der Waals surface area (Å²) in [5, 5.41) is 12.8. The summed E-state index contributed by atoms with van der Waals surface area (Å²) in [5.41, 5.74) is 2.41. The van der Waals surface area contributed by atoms with E-state index < -0.39 is 0 Å². The van der Waals surface area contributed by atoms with Gasteiger partial charge < -0.3 is 10.4 Å². The zero-order chi connectivity index (χ0) is 13.1. The molecule has 0 saturated carbocycles. The molecule has 0 bridgehead atoms. The number of phenols is 1. The van der Waals surface area contributed by atoms with Crippen LogP contribution < -0.4 is 5.32 Å². The Morgan fingerprint density at radius 2 is 2.00 bits per heavy atom. The smallest absolute Gasteiger partial charge is 0.134 e. The summed E-state index contributed by atoms with van der Waals surface area (Å²) >= 11 is 5.80. The van der Waals surface area contributed by atoms with E-state index in [0.717, 1.165) is 11.3 Å². The number of aromatic hydroxyl groups is 1. The van der Waals surface area contributed by atoms with Crippen LogP contribution in [0.15, 0.2) is 36.4 Å². The summed E-state index contributed by atoms with van der Waals surface area (Å²) in [7, 11) is 0. The van der Waals surface area contributed by atoms with E-state index in [1.54, 1.807) is 31.2 Å². The van der Waals surface area contributed by atoms with E-state index in [0.29, 0.717) is 17.1 Å². The first-order chi connectivity index (χ1) is 8.56. The maximum Gasteiger partial charge on any atom is 0.134 e. The molecular formula is C14H13ClFNO. The fourth-order valence-electron chi connectivity index (χ4n) is 1.64. The molecule has 0 unspecified atom stereocenters. The van der Waals surface area contributed by atoms with Crippen molar-refractivity contribution in [3.05, 3.63) is 58.4 Å². The minimum Gasteiger partial charge on any atom is -0.506 e. The van der Waals surface area contributed by atoms with Crippen molar-refractivity contribution in [2.75, 3.05) is 5.32 Å². The monoisotopic (exact) mass is 265 g/mol. The quantitative estimate of drug-likeness (QED) is 0.819. The average Bonchev–Trinajstić information content (AvgIpc) is 2.35. The third kappa shape index (κ3) is 2.93. The van der Waals surface area contributed by atoms with Gasteiger partial charge in [-0.25, -0.2) is 4.39 Å². The minimum absolute atomic E-state index is 0.0554. The molecule has 0 aromatic heterocycles. The van der Waals surface area contributed by atoms with Crippen LogP contribution in [0, 0.1) is 12.7 Å². The van der Waals surface area contributed by atoms with Gasteiger partial charge in [-0.05, 0) is 42.3 Å². The van der Waals surface area contributed by atoms with Gasteiger partial charge in [0.25, 0.3) is 0 Å². The van der Waals surface area contributed by atoms with E-state index in [-0.39, 0.29) is 11.6 Å². The van der Waals surface area contributed by atoms with Gasteiger partial charge in [0, 0.05) is 12.2 Å². The number of hydrogen-bond acceptors (Lipinski definition) is 2. The summed E-state index contributed by atoms with van der Waals surface area (Å²) in [5.74, 6) is -0.147. The largest absolute Gasteiger partial charge is 0.506 e. The molecule has 0 aliphatic carbocycles. The second-order valence-electron chi connectivity index (χ2n) is 4.10. The van der Waals surface area contributed by atoms with Crippen molar-refractivity contribution in [3.8, 4) is 5.75 Å². The maximum absolute atomic E-state index is 13.1. The molecule has 2 nitrogen and oxygen atoms in total. The van der Waals surface area contributed by atoms with Gasteiger partial charge in [0.1, 0.15) is 11.6 Å². The average molecular weight is 266 g/mol. The fraction of sp³-hybridized carbons (Fsp3) is 0.143. The van der Waals surface area contributed by atoms with E-state index in [4.69, 9.17) is 11.6 Å². The second-order valence-corrected chi connectivity index (χ2v) is 4.51. The molecule has 4 heteroatoms. The van der Waals surface area contributed by atoms with E-state index in [1.165, 1.54) is 12.1 Å². The Bertz CT molecular complexity index is 520. The van der Waals surface area contributed by atoms with Crippen LogP contribution in [0.3, 0.4) is 0 Å². The van der Waals surface area contributed by atoms with Crippen LogP contribution in [0.4, 0.5) is 10.1 Å². The van der Waals surface area contributed by atoms with Crippen molar-refractivity contribution in [3.63, 3.8) is 0 Å². The van der Waals surface area contributed by atoms with Gasteiger partial charge in [-0.2, -0.15) is 0 Å². The first kappa shape index (κ1) is 12.7. The SMILES string of the molecule is Cc1cc(CNc2ccc(O)c(Cl)c2)ccc1F. The molecule has 0 radical (unpaired) electrons.